The quantitative estimate of drug-likeness (QED) is 0.903. The summed E-state index contributed by atoms with van der Waals surface area (Å²) in [6, 6.07) is 3.07. The molecular weight excluding hydrogens is 268 g/mol. The average molecular weight is 294 g/mol. The van der Waals surface area contributed by atoms with E-state index in [2.05, 4.69) is 30.1 Å². The summed E-state index contributed by atoms with van der Waals surface area (Å²) < 4.78 is 5.91. The van der Waals surface area contributed by atoms with Crippen molar-refractivity contribution >= 4 is 11.3 Å². The second-order valence-electron chi connectivity index (χ2n) is 5.95. The minimum Gasteiger partial charge on any atom is -0.375 e. The fraction of sp³-hybridized carbons (Fsp3) is 0.750. The minimum absolute atomic E-state index is 0.504. The van der Waals surface area contributed by atoms with Crippen molar-refractivity contribution < 1.29 is 4.74 Å². The van der Waals surface area contributed by atoms with E-state index in [1.54, 1.807) is 0 Å². The van der Waals surface area contributed by atoms with Crippen LogP contribution in [0.15, 0.2) is 6.07 Å². The highest BCUT2D eigenvalue weighted by atomic mass is 32.1. The van der Waals surface area contributed by atoms with Gasteiger partial charge in [-0.1, -0.05) is 6.92 Å². The molecule has 1 saturated heterocycles. The molecule has 20 heavy (non-hydrogen) atoms. The molecule has 0 bridgehead atoms. The second-order valence-corrected chi connectivity index (χ2v) is 7.29. The van der Waals surface area contributed by atoms with E-state index < -0.39 is 0 Å². The molecule has 0 spiro atoms. The Bertz CT molecular complexity index is 446. The lowest BCUT2D eigenvalue weighted by Gasteiger charge is -2.37. The van der Waals surface area contributed by atoms with Crippen molar-refractivity contribution in [2.45, 2.75) is 58.3 Å². The summed E-state index contributed by atoms with van der Waals surface area (Å²) in [4.78, 5) is 5.61. The molecule has 2 fully saturated rings. The first-order valence-corrected chi connectivity index (χ1v) is 8.74. The van der Waals surface area contributed by atoms with Crippen molar-refractivity contribution in [3.8, 4) is 0 Å². The van der Waals surface area contributed by atoms with Gasteiger partial charge in [-0.15, -0.1) is 11.3 Å². The Morgan fingerprint density at radius 3 is 3.20 bits per heavy atom. The smallest absolute Gasteiger partial charge is 0.0731 e. The molecule has 0 amide bonds. The standard InChI is InChI=1S/C16H26N2OS/c1-3-17-10-14-9-13(12(2)20-14)11-18-7-8-19-16-6-4-5-15(16)18/h9,15-17H,3-8,10-11H2,1-2H3. The van der Waals surface area contributed by atoms with Crippen molar-refractivity contribution in [1.29, 1.82) is 0 Å². The Balaban J connectivity index is 1.66. The molecule has 3 rings (SSSR count). The Morgan fingerprint density at radius 1 is 1.45 bits per heavy atom. The van der Waals surface area contributed by atoms with Crippen LogP contribution >= 0.6 is 11.3 Å². The van der Waals surface area contributed by atoms with Gasteiger partial charge < -0.3 is 10.1 Å². The number of hydrogen-bond donors (Lipinski definition) is 1. The van der Waals surface area contributed by atoms with E-state index in [0.717, 1.165) is 32.8 Å². The van der Waals surface area contributed by atoms with Crippen molar-refractivity contribution in [3.05, 3.63) is 21.4 Å². The Labute approximate surface area is 126 Å². The van der Waals surface area contributed by atoms with Crippen molar-refractivity contribution in [3.63, 3.8) is 0 Å². The Kier molecular flexibility index (Phi) is 4.76. The summed E-state index contributed by atoms with van der Waals surface area (Å²) in [7, 11) is 0. The van der Waals surface area contributed by atoms with Gasteiger partial charge in [-0.2, -0.15) is 0 Å². The molecule has 1 aromatic heterocycles. The SMILES string of the molecule is CCNCc1cc(CN2CCOC3CCCC32)c(C)s1. The zero-order valence-corrected chi connectivity index (χ0v) is 13.5. The number of thiophene rings is 1. The van der Waals surface area contributed by atoms with Crippen molar-refractivity contribution in [2.75, 3.05) is 19.7 Å². The highest BCUT2D eigenvalue weighted by Crippen LogP contribution is 2.32. The number of aryl methyl sites for hydroxylation is 1. The summed E-state index contributed by atoms with van der Waals surface area (Å²) in [5, 5.41) is 3.42. The monoisotopic (exact) mass is 294 g/mol. The minimum atomic E-state index is 0.504. The molecule has 1 saturated carbocycles. The van der Waals surface area contributed by atoms with Gasteiger partial charge in [0.15, 0.2) is 0 Å². The number of ether oxygens (including phenoxy) is 1. The van der Waals surface area contributed by atoms with Crippen LogP contribution < -0.4 is 5.32 Å². The zero-order valence-electron chi connectivity index (χ0n) is 12.7. The third-order valence-corrected chi connectivity index (χ3v) is 5.68. The van der Waals surface area contributed by atoms with Crippen LogP contribution in [0.5, 0.6) is 0 Å². The van der Waals surface area contributed by atoms with Gasteiger partial charge in [0.25, 0.3) is 0 Å². The number of nitrogens with zero attached hydrogens (tertiary/aromatic N) is 1. The van der Waals surface area contributed by atoms with E-state index in [1.807, 2.05) is 11.3 Å². The molecule has 3 nitrogen and oxygen atoms in total. The Hall–Kier alpha value is -0.420. The molecule has 2 heterocycles. The van der Waals surface area contributed by atoms with E-state index in [0.29, 0.717) is 12.1 Å². The van der Waals surface area contributed by atoms with Crippen LogP contribution in [0.1, 0.15) is 41.5 Å². The first-order chi connectivity index (χ1) is 9.78. The lowest BCUT2D eigenvalue weighted by molar-refractivity contribution is -0.0588. The molecular formula is C16H26N2OS. The summed E-state index contributed by atoms with van der Waals surface area (Å²) in [5.41, 5.74) is 1.52. The van der Waals surface area contributed by atoms with E-state index in [-0.39, 0.29) is 0 Å². The molecule has 1 aliphatic heterocycles. The van der Waals surface area contributed by atoms with Gasteiger partial charge in [-0.3, -0.25) is 4.90 Å². The summed E-state index contributed by atoms with van der Waals surface area (Å²) in [6.45, 7) is 9.60. The van der Waals surface area contributed by atoms with Gasteiger partial charge in [0.2, 0.25) is 0 Å². The van der Waals surface area contributed by atoms with E-state index >= 15 is 0 Å². The fourth-order valence-corrected chi connectivity index (χ4v) is 4.52. The lowest BCUT2D eigenvalue weighted by atomic mass is 10.1. The van der Waals surface area contributed by atoms with Crippen LogP contribution in [-0.4, -0.2) is 36.7 Å². The average Bonchev–Trinajstić information content (AvgIpc) is 3.04. The van der Waals surface area contributed by atoms with Gasteiger partial charge in [0.1, 0.15) is 0 Å². The highest BCUT2D eigenvalue weighted by molar-refractivity contribution is 7.12. The van der Waals surface area contributed by atoms with Gasteiger partial charge in [0.05, 0.1) is 12.7 Å². The number of hydrogen-bond acceptors (Lipinski definition) is 4. The van der Waals surface area contributed by atoms with Crippen LogP contribution in [-0.2, 0) is 17.8 Å². The van der Waals surface area contributed by atoms with Gasteiger partial charge in [0, 0.05) is 35.4 Å². The van der Waals surface area contributed by atoms with Crippen molar-refractivity contribution in [1.82, 2.24) is 10.2 Å². The molecule has 2 unspecified atom stereocenters. The molecule has 2 aliphatic rings. The van der Waals surface area contributed by atoms with Crippen LogP contribution in [0.25, 0.3) is 0 Å². The van der Waals surface area contributed by atoms with E-state index in [4.69, 9.17) is 4.74 Å². The second kappa shape index (κ2) is 6.56. The summed E-state index contributed by atoms with van der Waals surface area (Å²) in [6.07, 6.45) is 4.41. The van der Waals surface area contributed by atoms with E-state index in [9.17, 15) is 0 Å². The molecule has 112 valence electrons. The largest absolute Gasteiger partial charge is 0.375 e. The highest BCUT2D eigenvalue weighted by Gasteiger charge is 2.36. The maximum absolute atomic E-state index is 5.91. The zero-order chi connectivity index (χ0) is 13.9. The number of nitrogens with one attached hydrogen (secondary N) is 1. The first kappa shape index (κ1) is 14.5. The summed E-state index contributed by atoms with van der Waals surface area (Å²) in [5.74, 6) is 0. The summed E-state index contributed by atoms with van der Waals surface area (Å²) >= 11 is 1.95. The number of morpholine rings is 1. The molecule has 4 heteroatoms. The van der Waals surface area contributed by atoms with Crippen molar-refractivity contribution in [2.24, 2.45) is 0 Å². The fourth-order valence-electron chi connectivity index (χ4n) is 3.50. The van der Waals surface area contributed by atoms with E-state index in [1.165, 1.54) is 34.6 Å². The maximum atomic E-state index is 5.91. The van der Waals surface area contributed by atoms with Gasteiger partial charge in [-0.25, -0.2) is 0 Å². The van der Waals surface area contributed by atoms with Gasteiger partial charge >= 0.3 is 0 Å². The molecule has 1 aliphatic carbocycles. The lowest BCUT2D eigenvalue weighted by Crippen LogP contribution is -2.47. The number of rotatable bonds is 5. The number of fused-ring (bicyclic) bond motifs is 1. The van der Waals surface area contributed by atoms with Crippen LogP contribution in [0.2, 0.25) is 0 Å². The van der Waals surface area contributed by atoms with Crippen LogP contribution in [0, 0.1) is 6.92 Å². The first-order valence-electron chi connectivity index (χ1n) is 7.92. The van der Waals surface area contributed by atoms with Crippen LogP contribution in [0.4, 0.5) is 0 Å². The molecule has 1 N–H and O–H groups in total. The normalized spacial score (nSPS) is 26.9. The molecule has 1 aromatic rings. The molecule has 2 atom stereocenters. The third kappa shape index (κ3) is 3.08. The predicted molar refractivity (Wildman–Crippen MR) is 84.2 cm³/mol. The Morgan fingerprint density at radius 2 is 2.35 bits per heavy atom. The predicted octanol–water partition coefficient (Wildman–Crippen LogP) is 2.92. The topological polar surface area (TPSA) is 24.5 Å². The third-order valence-electron chi connectivity index (χ3n) is 4.59. The van der Waals surface area contributed by atoms with Crippen LogP contribution in [0.3, 0.4) is 0 Å². The maximum Gasteiger partial charge on any atom is 0.0731 e. The van der Waals surface area contributed by atoms with Gasteiger partial charge in [-0.05, 0) is 44.4 Å². The molecule has 0 radical (unpaired) electrons. The molecule has 0 aromatic carbocycles.